The second-order valence-electron chi connectivity index (χ2n) is 4.07. The predicted molar refractivity (Wildman–Crippen MR) is 75.8 cm³/mol. The summed E-state index contributed by atoms with van der Waals surface area (Å²) in [5, 5.41) is 3.22. The number of hydrogen-bond acceptors (Lipinski definition) is 4. The van der Waals surface area contributed by atoms with Gasteiger partial charge in [-0.15, -0.1) is 0 Å². The average Bonchev–Trinajstić information content (AvgIpc) is 2.47. The molecule has 0 fully saturated rings. The molecule has 0 amide bonds. The molecule has 0 atom stereocenters. The van der Waals surface area contributed by atoms with Crippen molar-refractivity contribution in [2.75, 3.05) is 12.4 Å². The lowest BCUT2D eigenvalue weighted by Crippen LogP contribution is -1.96. The third-order valence-electron chi connectivity index (χ3n) is 2.80. The number of aromatic nitrogens is 2. The Morgan fingerprint density at radius 2 is 1.84 bits per heavy atom. The summed E-state index contributed by atoms with van der Waals surface area (Å²) in [6.07, 6.45) is 1.72. The summed E-state index contributed by atoms with van der Waals surface area (Å²) < 4.78 is 5.30. The molecule has 0 spiro atoms. The number of methoxy groups -OCH3 is 1. The molecule has 2 aromatic carbocycles. The molecule has 0 saturated carbocycles. The Bertz CT molecular complexity index is 698. The number of ether oxygens (including phenoxy) is 1. The molecule has 0 radical (unpaired) electrons. The number of anilines is 2. The summed E-state index contributed by atoms with van der Waals surface area (Å²) in [5.41, 5.74) is 2.55. The van der Waals surface area contributed by atoms with Gasteiger partial charge in [-0.25, -0.2) is 4.98 Å². The number of fused-ring (bicyclic) bond motifs is 1. The number of nitrogens with zero attached hydrogens (tertiary/aromatic N) is 2. The van der Waals surface area contributed by atoms with Crippen molar-refractivity contribution in [3.8, 4) is 5.75 Å². The monoisotopic (exact) mass is 251 g/mol. The third kappa shape index (κ3) is 2.33. The van der Waals surface area contributed by atoms with E-state index < -0.39 is 0 Å². The highest BCUT2D eigenvalue weighted by Crippen LogP contribution is 2.24. The van der Waals surface area contributed by atoms with E-state index in [9.17, 15) is 0 Å². The van der Waals surface area contributed by atoms with E-state index in [1.54, 1.807) is 13.3 Å². The largest absolute Gasteiger partial charge is 0.494 e. The first-order valence-electron chi connectivity index (χ1n) is 5.98. The van der Waals surface area contributed by atoms with Crippen molar-refractivity contribution in [3.05, 3.63) is 54.7 Å². The van der Waals surface area contributed by atoms with Gasteiger partial charge in [0.2, 0.25) is 0 Å². The van der Waals surface area contributed by atoms with E-state index in [0.29, 0.717) is 5.82 Å². The topological polar surface area (TPSA) is 47.0 Å². The molecule has 3 aromatic rings. The van der Waals surface area contributed by atoms with Crippen molar-refractivity contribution in [2.45, 2.75) is 0 Å². The van der Waals surface area contributed by atoms with Crippen LogP contribution in [0, 0.1) is 0 Å². The van der Waals surface area contributed by atoms with Crippen LogP contribution in [-0.2, 0) is 0 Å². The summed E-state index contributed by atoms with van der Waals surface area (Å²) in [6, 6.07) is 15.6. The fourth-order valence-corrected chi connectivity index (χ4v) is 1.90. The lowest BCUT2D eigenvalue weighted by molar-refractivity contribution is 0.419. The second-order valence-corrected chi connectivity index (χ2v) is 4.07. The molecule has 0 aliphatic rings. The quantitative estimate of drug-likeness (QED) is 0.775. The number of para-hydroxylation sites is 2. The molecule has 3 rings (SSSR count). The zero-order valence-electron chi connectivity index (χ0n) is 10.5. The fraction of sp³-hybridized carbons (Fsp3) is 0.0667. The third-order valence-corrected chi connectivity index (χ3v) is 2.80. The van der Waals surface area contributed by atoms with Crippen LogP contribution < -0.4 is 10.1 Å². The van der Waals surface area contributed by atoms with Gasteiger partial charge in [0.15, 0.2) is 0 Å². The maximum atomic E-state index is 5.30. The van der Waals surface area contributed by atoms with Gasteiger partial charge in [0.25, 0.3) is 0 Å². The molecule has 1 heterocycles. The van der Waals surface area contributed by atoms with E-state index in [0.717, 1.165) is 22.5 Å². The molecule has 1 aromatic heterocycles. The minimum atomic E-state index is 0.697. The highest BCUT2D eigenvalue weighted by molar-refractivity contribution is 5.82. The van der Waals surface area contributed by atoms with E-state index in [1.807, 2.05) is 48.5 Å². The van der Waals surface area contributed by atoms with Gasteiger partial charge in [0.05, 0.1) is 18.8 Å². The minimum Gasteiger partial charge on any atom is -0.494 e. The highest BCUT2D eigenvalue weighted by Gasteiger charge is 2.05. The lowest BCUT2D eigenvalue weighted by atomic mass is 10.3. The molecular weight excluding hydrogens is 238 g/mol. The first kappa shape index (κ1) is 11.5. The number of benzene rings is 2. The van der Waals surface area contributed by atoms with Crippen LogP contribution in [-0.4, -0.2) is 17.1 Å². The van der Waals surface area contributed by atoms with Gasteiger partial charge in [-0.2, -0.15) is 0 Å². The summed E-state index contributed by atoms with van der Waals surface area (Å²) >= 11 is 0. The predicted octanol–water partition coefficient (Wildman–Crippen LogP) is 3.38. The molecule has 0 unspecified atom stereocenters. The van der Waals surface area contributed by atoms with Crippen molar-refractivity contribution >= 4 is 22.5 Å². The summed E-state index contributed by atoms with van der Waals surface area (Å²) in [4.78, 5) is 8.92. The van der Waals surface area contributed by atoms with Crippen LogP contribution in [0.25, 0.3) is 11.0 Å². The van der Waals surface area contributed by atoms with Gasteiger partial charge in [-0.05, 0) is 24.3 Å². The summed E-state index contributed by atoms with van der Waals surface area (Å²) in [7, 11) is 1.63. The van der Waals surface area contributed by atoms with Crippen LogP contribution in [0.15, 0.2) is 54.7 Å². The molecule has 0 aliphatic heterocycles. The van der Waals surface area contributed by atoms with Crippen LogP contribution in [0.2, 0.25) is 0 Å². The van der Waals surface area contributed by atoms with Gasteiger partial charge in [0.1, 0.15) is 17.1 Å². The molecule has 4 nitrogen and oxygen atoms in total. The maximum absolute atomic E-state index is 5.30. The van der Waals surface area contributed by atoms with Crippen LogP contribution in [0.4, 0.5) is 11.5 Å². The molecule has 94 valence electrons. The molecule has 1 N–H and O–H groups in total. The molecule has 19 heavy (non-hydrogen) atoms. The molecule has 0 bridgehead atoms. The van der Waals surface area contributed by atoms with Crippen molar-refractivity contribution in [1.82, 2.24) is 9.97 Å². The smallest absolute Gasteiger partial charge is 0.149 e. The van der Waals surface area contributed by atoms with E-state index in [4.69, 9.17) is 4.74 Å². The Kier molecular flexibility index (Phi) is 2.98. The van der Waals surface area contributed by atoms with Crippen LogP contribution in [0.5, 0.6) is 5.75 Å². The second kappa shape index (κ2) is 4.94. The fourth-order valence-electron chi connectivity index (χ4n) is 1.90. The van der Waals surface area contributed by atoms with Crippen molar-refractivity contribution in [2.24, 2.45) is 0 Å². The summed E-state index contributed by atoms with van der Waals surface area (Å²) in [6.45, 7) is 0. The Morgan fingerprint density at radius 1 is 1.00 bits per heavy atom. The number of rotatable bonds is 3. The van der Waals surface area contributed by atoms with Crippen LogP contribution in [0.3, 0.4) is 0 Å². The Hall–Kier alpha value is -2.62. The van der Waals surface area contributed by atoms with Crippen molar-refractivity contribution in [1.29, 1.82) is 0 Å². The van der Waals surface area contributed by atoms with E-state index in [2.05, 4.69) is 15.3 Å². The normalized spacial score (nSPS) is 10.4. The molecular formula is C15H13N3O. The van der Waals surface area contributed by atoms with E-state index in [-0.39, 0.29) is 0 Å². The van der Waals surface area contributed by atoms with Crippen LogP contribution in [0.1, 0.15) is 0 Å². The Balaban J connectivity index is 2.01. The van der Waals surface area contributed by atoms with Crippen molar-refractivity contribution in [3.63, 3.8) is 0 Å². The SMILES string of the molecule is COc1cccc2ncc(Nc3ccccc3)nc12. The highest BCUT2D eigenvalue weighted by atomic mass is 16.5. The molecule has 0 saturated heterocycles. The average molecular weight is 251 g/mol. The maximum Gasteiger partial charge on any atom is 0.149 e. The van der Waals surface area contributed by atoms with Gasteiger partial charge in [-0.3, -0.25) is 4.98 Å². The first-order chi connectivity index (χ1) is 9.36. The van der Waals surface area contributed by atoms with E-state index in [1.165, 1.54) is 0 Å². The minimum absolute atomic E-state index is 0.697. The molecule has 0 aliphatic carbocycles. The van der Waals surface area contributed by atoms with E-state index >= 15 is 0 Å². The zero-order chi connectivity index (χ0) is 13.1. The zero-order valence-corrected chi connectivity index (χ0v) is 10.5. The Labute approximate surface area is 111 Å². The summed E-state index contributed by atoms with van der Waals surface area (Å²) in [5.74, 6) is 1.42. The van der Waals surface area contributed by atoms with Gasteiger partial charge < -0.3 is 10.1 Å². The van der Waals surface area contributed by atoms with Gasteiger partial charge in [0, 0.05) is 5.69 Å². The van der Waals surface area contributed by atoms with Gasteiger partial charge in [-0.1, -0.05) is 24.3 Å². The number of nitrogens with one attached hydrogen (secondary N) is 1. The Morgan fingerprint density at radius 3 is 2.63 bits per heavy atom. The number of hydrogen-bond donors (Lipinski definition) is 1. The standard InChI is InChI=1S/C15H13N3O/c1-19-13-9-5-8-12-15(13)18-14(10-16-12)17-11-6-3-2-4-7-11/h2-10H,1H3,(H,17,18). The lowest BCUT2D eigenvalue weighted by Gasteiger charge is -2.08. The van der Waals surface area contributed by atoms with Gasteiger partial charge >= 0.3 is 0 Å². The first-order valence-corrected chi connectivity index (χ1v) is 5.98. The van der Waals surface area contributed by atoms with Crippen LogP contribution >= 0.6 is 0 Å². The van der Waals surface area contributed by atoms with Crippen molar-refractivity contribution < 1.29 is 4.74 Å². The molecule has 4 heteroatoms.